The molecule has 0 aliphatic heterocycles. The molecule has 0 atom stereocenters. The Labute approximate surface area is 195 Å². The topological polar surface area (TPSA) is 80.1 Å². The molecule has 0 aliphatic carbocycles. The summed E-state index contributed by atoms with van der Waals surface area (Å²) in [7, 11) is -0.668. The van der Waals surface area contributed by atoms with Crippen molar-refractivity contribution < 1.29 is 22.4 Å². The Morgan fingerprint density at radius 3 is 2.27 bits per heavy atom. The van der Waals surface area contributed by atoms with Gasteiger partial charge in [-0.15, -0.1) is 0 Å². The van der Waals surface area contributed by atoms with Gasteiger partial charge in [0.2, 0.25) is 5.91 Å². The zero-order chi connectivity index (χ0) is 24.2. The maximum absolute atomic E-state index is 13.7. The van der Waals surface area contributed by atoms with E-state index in [1.54, 1.807) is 57.5 Å². The van der Waals surface area contributed by atoms with Crippen molar-refractivity contribution in [2.75, 3.05) is 25.0 Å². The second kappa shape index (κ2) is 10.1. The fourth-order valence-electron chi connectivity index (χ4n) is 3.62. The molecule has 3 aromatic rings. The smallest absolute Gasteiger partial charge is 0.264 e. The first-order valence-electron chi connectivity index (χ1n) is 10.6. The van der Waals surface area contributed by atoms with E-state index in [-0.39, 0.29) is 23.8 Å². The van der Waals surface area contributed by atoms with E-state index in [1.165, 1.54) is 9.21 Å². The lowest BCUT2D eigenvalue weighted by Crippen LogP contribution is -2.36. The van der Waals surface area contributed by atoms with Gasteiger partial charge in [-0.25, -0.2) is 8.42 Å². The van der Waals surface area contributed by atoms with Gasteiger partial charge in [0, 0.05) is 20.0 Å². The molecule has 8 heteroatoms. The molecule has 0 spiro atoms. The Bertz CT molecular complexity index is 1220. The largest absolute Gasteiger partial charge is 0.497 e. The molecule has 1 amide bonds. The Kier molecular flexibility index (Phi) is 7.48. The molecule has 1 aromatic heterocycles. The van der Waals surface area contributed by atoms with Gasteiger partial charge in [-0.1, -0.05) is 17.7 Å². The lowest BCUT2D eigenvalue weighted by molar-refractivity contribution is -0.130. The van der Waals surface area contributed by atoms with Crippen LogP contribution in [0.5, 0.6) is 5.75 Å². The van der Waals surface area contributed by atoms with Crippen LogP contribution < -0.4 is 9.04 Å². The summed E-state index contributed by atoms with van der Waals surface area (Å²) in [5, 5.41) is 0. The molecule has 7 nitrogen and oxygen atoms in total. The molecule has 176 valence electrons. The van der Waals surface area contributed by atoms with Gasteiger partial charge in [-0.3, -0.25) is 9.10 Å². The molecule has 33 heavy (non-hydrogen) atoms. The zero-order valence-electron chi connectivity index (χ0n) is 19.7. The number of sulfonamides is 1. The Morgan fingerprint density at radius 2 is 1.70 bits per heavy atom. The van der Waals surface area contributed by atoms with Crippen molar-refractivity contribution in [3.63, 3.8) is 0 Å². The molecular formula is C25H30N2O5S. The summed E-state index contributed by atoms with van der Waals surface area (Å²) in [6.07, 6.45) is 0.0202. The van der Waals surface area contributed by atoms with Gasteiger partial charge < -0.3 is 14.1 Å². The first kappa shape index (κ1) is 24.4. The van der Waals surface area contributed by atoms with Gasteiger partial charge in [0.1, 0.15) is 17.3 Å². The van der Waals surface area contributed by atoms with Crippen LogP contribution in [0.15, 0.2) is 63.9 Å². The molecule has 0 fully saturated rings. The van der Waals surface area contributed by atoms with Crippen LogP contribution in [0.25, 0.3) is 0 Å². The number of carbonyl (C=O) groups excluding carboxylic acids is 1. The molecule has 3 rings (SSSR count). The fourth-order valence-corrected chi connectivity index (χ4v) is 5.30. The van der Waals surface area contributed by atoms with Gasteiger partial charge in [0.15, 0.2) is 0 Å². The molecular weight excluding hydrogens is 440 g/mol. The second-order valence-corrected chi connectivity index (χ2v) is 9.89. The number of hydrogen-bond acceptors (Lipinski definition) is 5. The summed E-state index contributed by atoms with van der Waals surface area (Å²) < 4.78 is 39.3. The molecule has 0 saturated heterocycles. The van der Waals surface area contributed by atoms with Gasteiger partial charge in [0.25, 0.3) is 10.0 Å². The summed E-state index contributed by atoms with van der Waals surface area (Å²) in [5.74, 6) is 1.89. The minimum absolute atomic E-state index is 0.00232. The van der Waals surface area contributed by atoms with E-state index in [1.807, 2.05) is 32.0 Å². The monoisotopic (exact) mass is 470 g/mol. The van der Waals surface area contributed by atoms with E-state index < -0.39 is 10.0 Å². The molecule has 0 unspecified atom stereocenters. The van der Waals surface area contributed by atoms with Crippen LogP contribution >= 0.6 is 0 Å². The molecule has 0 saturated carbocycles. The third-order valence-electron chi connectivity index (χ3n) is 5.40. The van der Waals surface area contributed by atoms with Crippen molar-refractivity contribution in [3.05, 3.63) is 77.2 Å². The highest BCUT2D eigenvalue weighted by Gasteiger charge is 2.27. The fraction of sp³-hybridized carbons (Fsp3) is 0.320. The Hall–Kier alpha value is -3.26. The number of benzene rings is 2. The number of ether oxygens (including phenoxy) is 1. The van der Waals surface area contributed by atoms with Crippen LogP contribution in [0, 0.1) is 20.8 Å². The van der Waals surface area contributed by atoms with E-state index in [0.29, 0.717) is 29.3 Å². The highest BCUT2D eigenvalue weighted by atomic mass is 32.2. The van der Waals surface area contributed by atoms with E-state index in [0.717, 1.165) is 11.3 Å². The minimum atomic E-state index is -3.89. The van der Waals surface area contributed by atoms with Gasteiger partial charge >= 0.3 is 0 Å². The van der Waals surface area contributed by atoms with Crippen LogP contribution in [-0.2, 0) is 21.4 Å². The number of hydrogen-bond donors (Lipinski definition) is 0. The van der Waals surface area contributed by atoms with Gasteiger partial charge in [-0.2, -0.15) is 0 Å². The third kappa shape index (κ3) is 5.76. The van der Waals surface area contributed by atoms with E-state index in [2.05, 4.69) is 0 Å². The lowest BCUT2D eigenvalue weighted by Gasteiger charge is -2.26. The second-order valence-electron chi connectivity index (χ2n) is 8.06. The summed E-state index contributed by atoms with van der Waals surface area (Å²) in [5.41, 5.74) is 2.10. The number of anilines is 1. The number of nitrogens with zero attached hydrogens (tertiary/aromatic N) is 2. The SMILES string of the molecule is COc1ccc(N(CCC(=O)N(C)Cc2ccc(C)o2)S(=O)(=O)c2ccc(C)cc2C)cc1. The molecule has 1 heterocycles. The van der Waals surface area contributed by atoms with E-state index in [4.69, 9.17) is 9.15 Å². The molecule has 0 bridgehead atoms. The van der Waals surface area contributed by atoms with Gasteiger partial charge in [0.05, 0.1) is 24.2 Å². The Balaban J connectivity index is 1.86. The van der Waals surface area contributed by atoms with Crippen molar-refractivity contribution in [3.8, 4) is 5.75 Å². The predicted molar refractivity (Wildman–Crippen MR) is 128 cm³/mol. The first-order chi connectivity index (χ1) is 15.6. The normalized spacial score (nSPS) is 11.3. The van der Waals surface area contributed by atoms with Crippen molar-refractivity contribution in [2.24, 2.45) is 0 Å². The molecule has 2 aromatic carbocycles. The van der Waals surface area contributed by atoms with Crippen LogP contribution in [0.1, 0.15) is 29.1 Å². The molecule has 0 N–H and O–H groups in total. The average Bonchev–Trinajstić information content (AvgIpc) is 3.18. The van der Waals surface area contributed by atoms with Crippen molar-refractivity contribution in [2.45, 2.75) is 38.6 Å². The lowest BCUT2D eigenvalue weighted by atomic mass is 10.2. The zero-order valence-corrected chi connectivity index (χ0v) is 20.5. The summed E-state index contributed by atoms with van der Waals surface area (Å²) >= 11 is 0. The predicted octanol–water partition coefficient (Wildman–Crippen LogP) is 4.46. The van der Waals surface area contributed by atoms with E-state index >= 15 is 0 Å². The van der Waals surface area contributed by atoms with Crippen molar-refractivity contribution in [1.82, 2.24) is 4.90 Å². The van der Waals surface area contributed by atoms with Crippen LogP contribution in [-0.4, -0.2) is 39.9 Å². The van der Waals surface area contributed by atoms with Crippen molar-refractivity contribution >= 4 is 21.6 Å². The standard InChI is InChI=1S/C25H30N2O5S/c1-18-6-13-24(19(2)16-18)33(29,30)27(21-8-11-22(31-5)12-9-21)15-14-25(28)26(4)17-23-10-7-20(3)32-23/h6-13,16H,14-15,17H2,1-5H3. The maximum atomic E-state index is 13.7. The maximum Gasteiger partial charge on any atom is 0.264 e. The average molecular weight is 471 g/mol. The number of rotatable bonds is 9. The van der Waals surface area contributed by atoms with Crippen LogP contribution in [0.2, 0.25) is 0 Å². The van der Waals surface area contributed by atoms with Gasteiger partial charge in [-0.05, 0) is 68.8 Å². The number of methoxy groups -OCH3 is 1. The quantitative estimate of drug-likeness (QED) is 0.461. The first-order valence-corrected chi connectivity index (χ1v) is 12.1. The number of aryl methyl sites for hydroxylation is 3. The highest BCUT2D eigenvalue weighted by molar-refractivity contribution is 7.92. The molecule has 0 aliphatic rings. The van der Waals surface area contributed by atoms with Crippen LogP contribution in [0.3, 0.4) is 0 Å². The summed E-state index contributed by atoms with van der Waals surface area (Å²) in [6.45, 7) is 5.85. The number of furan rings is 1. The third-order valence-corrected chi connectivity index (χ3v) is 7.39. The van der Waals surface area contributed by atoms with Crippen LogP contribution in [0.4, 0.5) is 5.69 Å². The number of carbonyl (C=O) groups is 1. The summed E-state index contributed by atoms with van der Waals surface area (Å²) in [6, 6.07) is 15.7. The number of amides is 1. The molecule has 0 radical (unpaired) electrons. The minimum Gasteiger partial charge on any atom is -0.497 e. The Morgan fingerprint density at radius 1 is 1.00 bits per heavy atom. The van der Waals surface area contributed by atoms with Crippen molar-refractivity contribution in [1.29, 1.82) is 0 Å². The van der Waals surface area contributed by atoms with E-state index in [9.17, 15) is 13.2 Å². The highest BCUT2D eigenvalue weighted by Crippen LogP contribution is 2.28. The summed E-state index contributed by atoms with van der Waals surface area (Å²) in [4.78, 5) is 14.6.